The number of ether oxygens (including phenoxy) is 1. The van der Waals surface area contributed by atoms with Gasteiger partial charge in [-0.15, -0.1) is 0 Å². The van der Waals surface area contributed by atoms with E-state index in [1.807, 2.05) is 6.92 Å². The van der Waals surface area contributed by atoms with E-state index in [4.69, 9.17) is 0 Å². The number of amides is 2. The molecule has 0 aliphatic carbocycles. The molecule has 2 aromatic rings. The first-order valence-corrected chi connectivity index (χ1v) is 8.56. The highest BCUT2D eigenvalue weighted by molar-refractivity contribution is 6.08. The van der Waals surface area contributed by atoms with Gasteiger partial charge in [0.25, 0.3) is 11.8 Å². The summed E-state index contributed by atoms with van der Waals surface area (Å²) in [6, 6.07) is 5.94. The van der Waals surface area contributed by atoms with Crippen molar-refractivity contribution in [3.05, 3.63) is 47.3 Å². The lowest BCUT2D eigenvalue weighted by molar-refractivity contribution is -0.176. The fraction of sp³-hybridized carbons (Fsp3) is 0.389. The summed E-state index contributed by atoms with van der Waals surface area (Å²) in [5.74, 6) is -0.824. The number of aromatic nitrogens is 2. The van der Waals surface area contributed by atoms with Gasteiger partial charge in [0.15, 0.2) is 0 Å². The predicted molar refractivity (Wildman–Crippen MR) is 95.9 cm³/mol. The van der Waals surface area contributed by atoms with Crippen molar-refractivity contribution in [2.24, 2.45) is 7.05 Å². The first-order valence-electron chi connectivity index (χ1n) is 8.56. The third-order valence-electron chi connectivity index (χ3n) is 3.69. The smallest absolute Gasteiger partial charge is 0.367 e. The maximum Gasteiger partial charge on any atom is 0.411 e. The average molecular weight is 398 g/mol. The fourth-order valence-electron chi connectivity index (χ4n) is 2.35. The minimum atomic E-state index is -4.38. The summed E-state index contributed by atoms with van der Waals surface area (Å²) in [6.45, 7) is 0.865. The van der Waals surface area contributed by atoms with E-state index in [-0.39, 0.29) is 29.5 Å². The summed E-state index contributed by atoms with van der Waals surface area (Å²) in [7, 11) is 1.59. The molecule has 152 valence electrons. The van der Waals surface area contributed by atoms with Crippen LogP contribution in [-0.2, 0) is 18.4 Å². The van der Waals surface area contributed by atoms with Gasteiger partial charge in [-0.1, -0.05) is 19.1 Å². The number of carbonyl (C=O) groups is 2. The van der Waals surface area contributed by atoms with E-state index in [9.17, 15) is 22.8 Å². The van der Waals surface area contributed by atoms with E-state index in [1.54, 1.807) is 7.05 Å². The molecule has 2 N–H and O–H groups in total. The van der Waals surface area contributed by atoms with Crippen molar-refractivity contribution in [2.75, 3.05) is 18.5 Å². The molecule has 0 saturated carbocycles. The lowest BCUT2D eigenvalue weighted by Gasteiger charge is -2.09. The van der Waals surface area contributed by atoms with Gasteiger partial charge in [0.1, 0.15) is 12.3 Å². The Bertz CT molecular complexity index is 816. The summed E-state index contributed by atoms with van der Waals surface area (Å²) in [4.78, 5) is 24.6. The van der Waals surface area contributed by atoms with E-state index in [0.717, 1.165) is 6.42 Å². The molecule has 0 unspecified atom stereocenters. The van der Waals surface area contributed by atoms with Crippen LogP contribution in [0.4, 0.5) is 18.9 Å². The molecule has 0 spiro atoms. The Balaban J connectivity index is 2.01. The van der Waals surface area contributed by atoms with Crippen molar-refractivity contribution in [3.8, 4) is 0 Å². The summed E-state index contributed by atoms with van der Waals surface area (Å²) in [6.07, 6.45) is -2.24. The summed E-state index contributed by atoms with van der Waals surface area (Å²) >= 11 is 0. The fourth-order valence-corrected chi connectivity index (χ4v) is 2.35. The van der Waals surface area contributed by atoms with Gasteiger partial charge in [-0.25, -0.2) is 0 Å². The minimum absolute atomic E-state index is 0.217. The lowest BCUT2D eigenvalue weighted by Crippen LogP contribution is -2.27. The summed E-state index contributed by atoms with van der Waals surface area (Å²) in [5, 5.41) is 9.34. The molecule has 0 aliphatic rings. The molecule has 0 aliphatic heterocycles. The standard InChI is InChI=1S/C18H21F3N4O3/c1-3-8-22-17(27)15-14(9-23-25(15)2)24-16(26)13-6-4-12(5-7-13)10-28-11-18(19,20)21/h4-7,9H,3,8,10-11H2,1-2H3,(H,22,27)(H,24,26). The van der Waals surface area contributed by atoms with Crippen molar-refractivity contribution in [2.45, 2.75) is 26.1 Å². The molecule has 2 amide bonds. The molecular weight excluding hydrogens is 377 g/mol. The van der Waals surface area contributed by atoms with Crippen LogP contribution in [-0.4, -0.2) is 40.9 Å². The molecule has 0 saturated heterocycles. The van der Waals surface area contributed by atoms with Crippen LogP contribution in [0.25, 0.3) is 0 Å². The number of hydrogen-bond donors (Lipinski definition) is 2. The maximum atomic E-state index is 12.4. The summed E-state index contributed by atoms with van der Waals surface area (Å²) in [5.41, 5.74) is 1.27. The zero-order chi connectivity index (χ0) is 20.7. The predicted octanol–water partition coefficient (Wildman–Crippen LogP) is 2.89. The Labute approximate surface area is 159 Å². The molecule has 2 rings (SSSR count). The minimum Gasteiger partial charge on any atom is -0.367 e. The second kappa shape index (κ2) is 9.36. The molecule has 0 bridgehead atoms. The zero-order valence-corrected chi connectivity index (χ0v) is 15.5. The van der Waals surface area contributed by atoms with Gasteiger partial charge in [0, 0.05) is 19.2 Å². The van der Waals surface area contributed by atoms with Crippen LogP contribution < -0.4 is 10.6 Å². The Morgan fingerprint density at radius 1 is 1.18 bits per heavy atom. The quantitative estimate of drug-likeness (QED) is 0.716. The van der Waals surface area contributed by atoms with Gasteiger partial charge >= 0.3 is 6.18 Å². The number of aryl methyl sites for hydroxylation is 1. The van der Waals surface area contributed by atoms with Crippen LogP contribution in [0.2, 0.25) is 0 Å². The van der Waals surface area contributed by atoms with Crippen molar-refractivity contribution in [1.29, 1.82) is 0 Å². The van der Waals surface area contributed by atoms with Crippen molar-refractivity contribution in [3.63, 3.8) is 0 Å². The van der Waals surface area contributed by atoms with Crippen LogP contribution in [0, 0.1) is 0 Å². The van der Waals surface area contributed by atoms with E-state index in [2.05, 4.69) is 20.5 Å². The normalized spacial score (nSPS) is 11.3. The third-order valence-corrected chi connectivity index (χ3v) is 3.69. The van der Waals surface area contributed by atoms with Gasteiger partial charge < -0.3 is 15.4 Å². The van der Waals surface area contributed by atoms with E-state index >= 15 is 0 Å². The largest absolute Gasteiger partial charge is 0.411 e. The molecule has 1 aromatic heterocycles. The molecule has 10 heteroatoms. The first kappa shape index (κ1) is 21.4. The molecule has 1 aromatic carbocycles. The van der Waals surface area contributed by atoms with E-state index in [0.29, 0.717) is 12.1 Å². The lowest BCUT2D eigenvalue weighted by atomic mass is 10.1. The van der Waals surface area contributed by atoms with Crippen LogP contribution in [0.3, 0.4) is 0 Å². The number of carbonyl (C=O) groups excluding carboxylic acids is 2. The molecule has 7 nitrogen and oxygen atoms in total. The number of nitrogens with zero attached hydrogens (tertiary/aromatic N) is 2. The number of alkyl halides is 3. The SMILES string of the molecule is CCCNC(=O)c1c(NC(=O)c2ccc(COCC(F)(F)F)cc2)cnn1C. The highest BCUT2D eigenvalue weighted by Crippen LogP contribution is 2.17. The zero-order valence-electron chi connectivity index (χ0n) is 15.5. The van der Waals surface area contributed by atoms with Crippen LogP contribution in [0.5, 0.6) is 0 Å². The average Bonchev–Trinajstić information content (AvgIpc) is 2.99. The highest BCUT2D eigenvalue weighted by Gasteiger charge is 2.27. The van der Waals surface area contributed by atoms with Crippen LogP contribution >= 0.6 is 0 Å². The van der Waals surface area contributed by atoms with Crippen LogP contribution in [0.15, 0.2) is 30.5 Å². The number of hydrogen-bond acceptors (Lipinski definition) is 4. The van der Waals surface area contributed by atoms with Gasteiger partial charge in [-0.2, -0.15) is 18.3 Å². The van der Waals surface area contributed by atoms with Gasteiger partial charge in [0.2, 0.25) is 0 Å². The number of benzene rings is 1. The monoisotopic (exact) mass is 398 g/mol. The second-order valence-electron chi connectivity index (χ2n) is 6.05. The van der Waals surface area contributed by atoms with E-state index < -0.39 is 18.7 Å². The topological polar surface area (TPSA) is 85.2 Å². The highest BCUT2D eigenvalue weighted by atomic mass is 19.4. The van der Waals surface area contributed by atoms with Crippen molar-refractivity contribution < 1.29 is 27.5 Å². The number of halogens is 3. The van der Waals surface area contributed by atoms with Crippen molar-refractivity contribution in [1.82, 2.24) is 15.1 Å². The molecule has 28 heavy (non-hydrogen) atoms. The maximum absolute atomic E-state index is 12.4. The van der Waals surface area contributed by atoms with Gasteiger partial charge in [-0.3, -0.25) is 14.3 Å². The van der Waals surface area contributed by atoms with Crippen LogP contribution in [0.1, 0.15) is 39.8 Å². The molecule has 0 atom stereocenters. The Morgan fingerprint density at radius 2 is 1.86 bits per heavy atom. The molecule has 0 fully saturated rings. The number of rotatable bonds is 8. The number of anilines is 1. The summed E-state index contributed by atoms with van der Waals surface area (Å²) < 4.78 is 42.2. The van der Waals surface area contributed by atoms with Crippen molar-refractivity contribution >= 4 is 17.5 Å². The van der Waals surface area contributed by atoms with Gasteiger partial charge in [0.05, 0.1) is 18.5 Å². The number of nitrogens with one attached hydrogen (secondary N) is 2. The first-order chi connectivity index (χ1) is 13.2. The molecule has 1 heterocycles. The Morgan fingerprint density at radius 3 is 2.46 bits per heavy atom. The second-order valence-corrected chi connectivity index (χ2v) is 6.05. The molecule has 0 radical (unpaired) electrons. The van der Waals surface area contributed by atoms with Gasteiger partial charge in [-0.05, 0) is 24.1 Å². The Hall–Kier alpha value is -2.88. The Kier molecular flexibility index (Phi) is 7.16. The van der Waals surface area contributed by atoms with E-state index in [1.165, 1.54) is 35.1 Å². The molecular formula is C18H21F3N4O3. The third kappa shape index (κ3) is 6.08.